The molecule has 56 valence electrons. The van der Waals surface area contributed by atoms with Crippen molar-refractivity contribution in [2.24, 2.45) is 0 Å². The molecule has 0 amide bonds. The zero-order valence-corrected chi connectivity index (χ0v) is 5.53. The number of ether oxygens (including phenoxy) is 2. The van der Waals surface area contributed by atoms with E-state index in [9.17, 15) is 9.90 Å². The summed E-state index contributed by atoms with van der Waals surface area (Å²) >= 11 is 0. The Balaban J connectivity index is 2.56. The Labute approximate surface area is 58.1 Å². The maximum Gasteiger partial charge on any atom is 0.333 e. The Morgan fingerprint density at radius 1 is 1.90 bits per heavy atom. The zero-order chi connectivity index (χ0) is 7.61. The highest BCUT2D eigenvalue weighted by Crippen LogP contribution is 2.15. The van der Waals surface area contributed by atoms with Gasteiger partial charge < -0.3 is 14.6 Å². The summed E-state index contributed by atoms with van der Waals surface area (Å²) in [5.74, 6) is -2.08. The lowest BCUT2D eigenvalue weighted by molar-refractivity contribution is -0.191. The third kappa shape index (κ3) is 1.34. The number of carbonyl (C=O) groups is 1. The smallest absolute Gasteiger partial charge is 0.333 e. The largest absolute Gasteiger partial charge is 0.424 e. The molecule has 1 atom stereocenters. The summed E-state index contributed by atoms with van der Waals surface area (Å²) < 4.78 is 9.07. The summed E-state index contributed by atoms with van der Waals surface area (Å²) in [6.45, 7) is -0.0325. The van der Waals surface area contributed by atoms with Gasteiger partial charge in [-0.25, -0.2) is 4.79 Å². The Bertz CT molecular complexity index is 175. The minimum Gasteiger partial charge on any atom is -0.424 e. The topological polar surface area (TPSA) is 55.8 Å². The molecule has 0 aromatic carbocycles. The number of cyclic esters (lactones) is 1. The Morgan fingerprint density at radius 3 is 3.00 bits per heavy atom. The van der Waals surface area contributed by atoms with Crippen LogP contribution in [0.2, 0.25) is 0 Å². The van der Waals surface area contributed by atoms with E-state index < -0.39 is 11.8 Å². The summed E-state index contributed by atoms with van der Waals surface area (Å²) in [5, 5.41) is 9.21. The number of methoxy groups -OCH3 is 1. The van der Waals surface area contributed by atoms with E-state index in [0.29, 0.717) is 0 Å². The van der Waals surface area contributed by atoms with Crippen LogP contribution in [0.25, 0.3) is 0 Å². The summed E-state index contributed by atoms with van der Waals surface area (Å²) in [6, 6.07) is 0. The van der Waals surface area contributed by atoms with E-state index in [1.165, 1.54) is 19.3 Å². The summed E-state index contributed by atoms with van der Waals surface area (Å²) in [7, 11) is 1.41. The summed E-state index contributed by atoms with van der Waals surface area (Å²) in [6.07, 6.45) is 2.43. The third-order valence-corrected chi connectivity index (χ3v) is 1.11. The first-order chi connectivity index (χ1) is 4.66. The second-order valence-corrected chi connectivity index (χ2v) is 2.03. The third-order valence-electron chi connectivity index (χ3n) is 1.11. The van der Waals surface area contributed by atoms with Gasteiger partial charge in [-0.1, -0.05) is 0 Å². The average Bonchev–Trinajstić information content (AvgIpc) is 2.12. The minimum absolute atomic E-state index is 0.0325. The quantitative estimate of drug-likeness (QED) is 0.527. The fraction of sp³-hybridized carbons (Fsp3) is 0.500. The van der Waals surface area contributed by atoms with Gasteiger partial charge in [-0.2, -0.15) is 0 Å². The van der Waals surface area contributed by atoms with Crippen LogP contribution in [-0.4, -0.2) is 30.6 Å². The monoisotopic (exact) mass is 144 g/mol. The summed E-state index contributed by atoms with van der Waals surface area (Å²) in [4.78, 5) is 10.4. The van der Waals surface area contributed by atoms with Gasteiger partial charge in [0.25, 0.3) is 5.79 Å². The van der Waals surface area contributed by atoms with E-state index in [1.54, 1.807) is 0 Å². The number of carbonyl (C=O) groups excluding carboxylic acids is 1. The maximum absolute atomic E-state index is 10.4. The molecular formula is C6H8O4. The van der Waals surface area contributed by atoms with Crippen LogP contribution >= 0.6 is 0 Å². The van der Waals surface area contributed by atoms with Crippen molar-refractivity contribution in [2.75, 3.05) is 13.7 Å². The van der Waals surface area contributed by atoms with E-state index in [2.05, 4.69) is 9.47 Å². The van der Waals surface area contributed by atoms with Crippen LogP contribution in [0.1, 0.15) is 0 Å². The van der Waals surface area contributed by atoms with Crippen LogP contribution in [0, 0.1) is 0 Å². The van der Waals surface area contributed by atoms with Crippen molar-refractivity contribution in [3.05, 3.63) is 12.2 Å². The van der Waals surface area contributed by atoms with Crippen LogP contribution in [0.15, 0.2) is 12.2 Å². The predicted octanol–water partition coefficient (Wildman–Crippen LogP) is -0.566. The Kier molecular flexibility index (Phi) is 1.74. The molecule has 0 aliphatic carbocycles. The van der Waals surface area contributed by atoms with Crippen molar-refractivity contribution in [1.29, 1.82) is 0 Å². The fourth-order valence-corrected chi connectivity index (χ4v) is 0.725. The fourth-order valence-electron chi connectivity index (χ4n) is 0.725. The van der Waals surface area contributed by atoms with Gasteiger partial charge in [-0.15, -0.1) is 0 Å². The molecule has 0 fully saturated rings. The van der Waals surface area contributed by atoms with Gasteiger partial charge in [0.2, 0.25) is 0 Å². The van der Waals surface area contributed by atoms with E-state index in [4.69, 9.17) is 0 Å². The molecule has 4 heteroatoms. The van der Waals surface area contributed by atoms with Crippen LogP contribution in [-0.2, 0) is 14.3 Å². The highest BCUT2D eigenvalue weighted by atomic mass is 16.7. The first kappa shape index (κ1) is 7.24. The predicted molar refractivity (Wildman–Crippen MR) is 32.1 cm³/mol. The number of rotatable bonds is 2. The molecule has 10 heavy (non-hydrogen) atoms. The molecule has 1 N–H and O–H groups in total. The van der Waals surface area contributed by atoms with Crippen molar-refractivity contribution in [1.82, 2.24) is 0 Å². The molecule has 0 saturated heterocycles. The second kappa shape index (κ2) is 2.40. The van der Waals surface area contributed by atoms with E-state index in [1.807, 2.05) is 0 Å². The zero-order valence-electron chi connectivity index (χ0n) is 5.53. The summed E-state index contributed by atoms with van der Waals surface area (Å²) in [5.41, 5.74) is 0. The van der Waals surface area contributed by atoms with Crippen molar-refractivity contribution in [3.63, 3.8) is 0 Å². The molecule has 0 aromatic rings. The molecule has 0 radical (unpaired) electrons. The maximum atomic E-state index is 10.4. The Morgan fingerprint density at radius 2 is 2.60 bits per heavy atom. The van der Waals surface area contributed by atoms with Gasteiger partial charge in [-0.05, 0) is 6.08 Å². The van der Waals surface area contributed by atoms with Gasteiger partial charge in [0.15, 0.2) is 0 Å². The van der Waals surface area contributed by atoms with Crippen LogP contribution in [0.4, 0.5) is 0 Å². The molecule has 4 nitrogen and oxygen atoms in total. The SMILES string of the molecule is COCC1(O)C=CC(=O)O1. The second-order valence-electron chi connectivity index (χ2n) is 2.03. The number of esters is 1. The van der Waals surface area contributed by atoms with Crippen molar-refractivity contribution in [2.45, 2.75) is 5.79 Å². The van der Waals surface area contributed by atoms with Crippen molar-refractivity contribution >= 4 is 5.97 Å². The number of aliphatic hydroxyl groups is 1. The normalized spacial score (nSPS) is 30.8. The average molecular weight is 144 g/mol. The van der Waals surface area contributed by atoms with Gasteiger partial charge in [0.1, 0.15) is 6.61 Å². The van der Waals surface area contributed by atoms with E-state index in [0.717, 1.165) is 0 Å². The van der Waals surface area contributed by atoms with Gasteiger partial charge in [0, 0.05) is 13.2 Å². The highest BCUT2D eigenvalue weighted by molar-refractivity contribution is 5.84. The first-order valence-corrected chi connectivity index (χ1v) is 2.80. The first-order valence-electron chi connectivity index (χ1n) is 2.80. The molecule has 1 aliphatic heterocycles. The molecule has 0 saturated carbocycles. The number of hydrogen-bond acceptors (Lipinski definition) is 4. The van der Waals surface area contributed by atoms with E-state index >= 15 is 0 Å². The lowest BCUT2D eigenvalue weighted by Crippen LogP contribution is -2.32. The molecule has 1 rings (SSSR count). The molecule has 1 aliphatic rings. The highest BCUT2D eigenvalue weighted by Gasteiger charge is 2.32. The van der Waals surface area contributed by atoms with Crippen molar-refractivity contribution in [3.8, 4) is 0 Å². The van der Waals surface area contributed by atoms with Crippen LogP contribution in [0.3, 0.4) is 0 Å². The van der Waals surface area contributed by atoms with Crippen LogP contribution < -0.4 is 0 Å². The minimum atomic E-state index is -1.54. The molecule has 1 unspecified atom stereocenters. The molecular weight excluding hydrogens is 136 g/mol. The van der Waals surface area contributed by atoms with Gasteiger partial charge in [0.05, 0.1) is 0 Å². The lowest BCUT2D eigenvalue weighted by Gasteiger charge is -2.17. The van der Waals surface area contributed by atoms with Gasteiger partial charge in [-0.3, -0.25) is 0 Å². The lowest BCUT2D eigenvalue weighted by atomic mass is 10.3. The molecule has 0 aromatic heterocycles. The standard InChI is InChI=1S/C6H8O4/c1-9-4-6(8)3-2-5(7)10-6/h2-3,8H,4H2,1H3. The van der Waals surface area contributed by atoms with Crippen LogP contribution in [0.5, 0.6) is 0 Å². The molecule has 0 bridgehead atoms. The molecule has 1 heterocycles. The molecule has 0 spiro atoms. The van der Waals surface area contributed by atoms with E-state index in [-0.39, 0.29) is 6.61 Å². The van der Waals surface area contributed by atoms with Crippen molar-refractivity contribution < 1.29 is 19.4 Å². The number of hydrogen-bond donors (Lipinski definition) is 1. The van der Waals surface area contributed by atoms with Gasteiger partial charge >= 0.3 is 5.97 Å². The Hall–Kier alpha value is -0.870.